The smallest absolute Gasteiger partial charge is 0.303 e. The van der Waals surface area contributed by atoms with Gasteiger partial charge in [0.1, 0.15) is 11.4 Å². The SMILES string of the molecule is O=S(O)CC(F)(F)c1ccnc(N2CCOCC2)n1. The molecule has 6 nitrogen and oxygen atoms in total. The molecule has 0 radical (unpaired) electrons. The van der Waals surface area contributed by atoms with Crippen molar-refractivity contribution in [1.82, 2.24) is 9.97 Å². The van der Waals surface area contributed by atoms with E-state index in [1.165, 1.54) is 6.20 Å². The van der Waals surface area contributed by atoms with E-state index in [2.05, 4.69) is 9.97 Å². The van der Waals surface area contributed by atoms with E-state index in [-0.39, 0.29) is 5.95 Å². The Morgan fingerprint density at radius 1 is 1.47 bits per heavy atom. The Bertz CT molecular complexity index is 469. The molecule has 0 amide bonds. The molecule has 1 N–H and O–H groups in total. The summed E-state index contributed by atoms with van der Waals surface area (Å²) >= 11 is -2.59. The number of ether oxygens (including phenoxy) is 1. The molecule has 1 aliphatic rings. The molecule has 1 fully saturated rings. The maximum Gasteiger partial charge on any atom is 0.303 e. The van der Waals surface area contributed by atoms with Crippen LogP contribution in [0.25, 0.3) is 0 Å². The molecule has 0 spiro atoms. The Kier molecular flexibility index (Phi) is 4.38. The van der Waals surface area contributed by atoms with Gasteiger partial charge in [-0.15, -0.1) is 0 Å². The predicted octanol–water partition coefficient (Wildman–Crippen LogP) is 0.627. The Morgan fingerprint density at radius 2 is 2.16 bits per heavy atom. The van der Waals surface area contributed by atoms with Gasteiger partial charge in [0.15, 0.2) is 11.1 Å². The predicted molar refractivity (Wildman–Crippen MR) is 64.6 cm³/mol. The van der Waals surface area contributed by atoms with Gasteiger partial charge in [0.2, 0.25) is 5.95 Å². The van der Waals surface area contributed by atoms with Crippen LogP contribution >= 0.6 is 0 Å². The summed E-state index contributed by atoms with van der Waals surface area (Å²) in [4.78, 5) is 9.46. The van der Waals surface area contributed by atoms with E-state index < -0.39 is 28.4 Å². The molecule has 1 atom stereocenters. The summed E-state index contributed by atoms with van der Waals surface area (Å²) in [6, 6.07) is 1.05. The molecule has 0 aromatic carbocycles. The highest BCUT2D eigenvalue weighted by Gasteiger charge is 2.36. The van der Waals surface area contributed by atoms with E-state index in [0.717, 1.165) is 6.07 Å². The van der Waals surface area contributed by atoms with Crippen molar-refractivity contribution in [3.63, 3.8) is 0 Å². The second-order valence-electron chi connectivity index (χ2n) is 4.01. The van der Waals surface area contributed by atoms with Gasteiger partial charge in [-0.2, -0.15) is 8.78 Å². The van der Waals surface area contributed by atoms with E-state index in [0.29, 0.717) is 26.3 Å². The number of alkyl halides is 2. The molecule has 9 heteroatoms. The zero-order valence-electron chi connectivity index (χ0n) is 9.96. The van der Waals surface area contributed by atoms with E-state index in [1.54, 1.807) is 4.90 Å². The number of anilines is 1. The molecule has 2 rings (SSSR count). The van der Waals surface area contributed by atoms with Gasteiger partial charge in [0.05, 0.1) is 13.2 Å². The first-order valence-corrected chi connectivity index (χ1v) is 6.88. The largest absolute Gasteiger partial charge is 0.378 e. The summed E-state index contributed by atoms with van der Waals surface area (Å²) in [6.07, 6.45) is 1.22. The number of nitrogens with zero attached hydrogens (tertiary/aromatic N) is 3. The fourth-order valence-corrected chi connectivity index (χ4v) is 2.15. The first-order chi connectivity index (χ1) is 8.99. The number of aromatic nitrogens is 2. The second-order valence-corrected chi connectivity index (χ2v) is 4.94. The second kappa shape index (κ2) is 5.85. The molecule has 1 saturated heterocycles. The van der Waals surface area contributed by atoms with Crippen LogP contribution in [0.3, 0.4) is 0 Å². The Balaban J connectivity index is 2.20. The monoisotopic (exact) mass is 293 g/mol. The summed E-state index contributed by atoms with van der Waals surface area (Å²) in [5.74, 6) is -4.44. The van der Waals surface area contributed by atoms with Crippen molar-refractivity contribution in [3.8, 4) is 0 Å². The van der Waals surface area contributed by atoms with Crippen LogP contribution in [0.1, 0.15) is 5.69 Å². The van der Waals surface area contributed by atoms with E-state index in [1.807, 2.05) is 0 Å². The number of halogens is 2. The summed E-state index contributed by atoms with van der Waals surface area (Å²) in [5.41, 5.74) is -0.550. The normalized spacial score (nSPS) is 18.4. The van der Waals surface area contributed by atoms with Crippen LogP contribution in [0.5, 0.6) is 0 Å². The molecule has 1 aliphatic heterocycles. The lowest BCUT2D eigenvalue weighted by Gasteiger charge is -2.27. The highest BCUT2D eigenvalue weighted by Crippen LogP contribution is 2.27. The van der Waals surface area contributed by atoms with E-state index in [4.69, 9.17) is 9.29 Å². The third-order valence-corrected chi connectivity index (χ3v) is 3.23. The minimum atomic E-state index is -3.45. The molecule has 1 unspecified atom stereocenters. The van der Waals surface area contributed by atoms with Gasteiger partial charge in [-0.3, -0.25) is 0 Å². The first kappa shape index (κ1) is 14.2. The van der Waals surface area contributed by atoms with Crippen molar-refractivity contribution in [2.45, 2.75) is 5.92 Å². The molecule has 19 heavy (non-hydrogen) atoms. The molecule has 0 aliphatic carbocycles. The van der Waals surface area contributed by atoms with Crippen molar-refractivity contribution >= 4 is 17.0 Å². The van der Waals surface area contributed by atoms with Crippen LogP contribution < -0.4 is 4.90 Å². The molecule has 2 heterocycles. The summed E-state index contributed by atoms with van der Waals surface area (Å²) in [5, 5.41) is 0. The van der Waals surface area contributed by atoms with Crippen LogP contribution in [0.15, 0.2) is 12.3 Å². The summed E-state index contributed by atoms with van der Waals surface area (Å²) in [6.45, 7) is 2.04. The van der Waals surface area contributed by atoms with E-state index in [9.17, 15) is 13.0 Å². The lowest BCUT2D eigenvalue weighted by atomic mass is 10.2. The number of rotatable bonds is 4. The van der Waals surface area contributed by atoms with Crippen LogP contribution in [0.4, 0.5) is 14.7 Å². The maximum absolute atomic E-state index is 13.7. The third-order valence-electron chi connectivity index (χ3n) is 2.62. The fraction of sp³-hybridized carbons (Fsp3) is 0.600. The van der Waals surface area contributed by atoms with Crippen LogP contribution in [0, 0.1) is 0 Å². The number of morpholine rings is 1. The van der Waals surface area contributed by atoms with Gasteiger partial charge in [0.25, 0.3) is 0 Å². The van der Waals surface area contributed by atoms with Crippen molar-refractivity contribution in [3.05, 3.63) is 18.0 Å². The third kappa shape index (κ3) is 3.64. The topological polar surface area (TPSA) is 75.5 Å². The minimum Gasteiger partial charge on any atom is -0.378 e. The fourth-order valence-electron chi connectivity index (χ4n) is 1.70. The Labute approximate surface area is 111 Å². The van der Waals surface area contributed by atoms with Crippen molar-refractivity contribution in [2.24, 2.45) is 0 Å². The molecule has 0 saturated carbocycles. The van der Waals surface area contributed by atoms with Crippen molar-refractivity contribution < 1.29 is 22.3 Å². The van der Waals surface area contributed by atoms with E-state index >= 15 is 0 Å². The van der Waals surface area contributed by atoms with Gasteiger partial charge in [0, 0.05) is 19.3 Å². The Morgan fingerprint density at radius 3 is 2.79 bits per heavy atom. The van der Waals surface area contributed by atoms with Crippen LogP contribution in [0.2, 0.25) is 0 Å². The summed E-state index contributed by atoms with van der Waals surface area (Å²) in [7, 11) is 0. The number of hydrogen-bond donors (Lipinski definition) is 1. The highest BCUT2D eigenvalue weighted by atomic mass is 32.2. The number of hydrogen-bond acceptors (Lipinski definition) is 5. The van der Waals surface area contributed by atoms with Crippen molar-refractivity contribution in [1.29, 1.82) is 0 Å². The van der Waals surface area contributed by atoms with Gasteiger partial charge in [-0.25, -0.2) is 14.2 Å². The molecular formula is C10H13F2N3O3S. The Hall–Kier alpha value is -1.19. The first-order valence-electron chi connectivity index (χ1n) is 5.60. The molecule has 1 aromatic heterocycles. The highest BCUT2D eigenvalue weighted by molar-refractivity contribution is 7.79. The van der Waals surface area contributed by atoms with Gasteiger partial charge < -0.3 is 14.2 Å². The average Bonchev–Trinajstić information content (AvgIpc) is 2.38. The van der Waals surface area contributed by atoms with Gasteiger partial charge >= 0.3 is 5.92 Å². The summed E-state index contributed by atoms with van der Waals surface area (Å²) < 4.78 is 51.6. The quantitative estimate of drug-likeness (QED) is 0.821. The molecule has 106 valence electrons. The van der Waals surface area contributed by atoms with Gasteiger partial charge in [-0.05, 0) is 6.07 Å². The molecule has 1 aromatic rings. The molecular weight excluding hydrogens is 280 g/mol. The van der Waals surface area contributed by atoms with Crippen LogP contribution in [-0.4, -0.2) is 50.8 Å². The van der Waals surface area contributed by atoms with Crippen molar-refractivity contribution in [2.75, 3.05) is 37.0 Å². The standard InChI is InChI=1S/C10H13F2N3O3S/c11-10(12,7-19(16)17)8-1-2-13-9(14-8)15-3-5-18-6-4-15/h1-2H,3-7H2,(H,16,17). The lowest BCUT2D eigenvalue weighted by Crippen LogP contribution is -2.37. The average molecular weight is 293 g/mol. The molecule has 0 bridgehead atoms. The maximum atomic E-state index is 13.7. The minimum absolute atomic E-state index is 0.184. The zero-order valence-corrected chi connectivity index (χ0v) is 10.8. The lowest BCUT2D eigenvalue weighted by molar-refractivity contribution is 0.0162. The van der Waals surface area contributed by atoms with Gasteiger partial charge in [-0.1, -0.05) is 0 Å². The zero-order chi connectivity index (χ0) is 13.9. The van der Waals surface area contributed by atoms with Crippen LogP contribution in [-0.2, 0) is 21.7 Å².